The van der Waals surface area contributed by atoms with Gasteiger partial charge in [-0.1, -0.05) is 0 Å². The van der Waals surface area contributed by atoms with E-state index in [-0.39, 0.29) is 18.9 Å². The van der Waals surface area contributed by atoms with Gasteiger partial charge in [-0.05, 0) is 36.2 Å². The predicted molar refractivity (Wildman–Crippen MR) is 87.1 cm³/mol. The van der Waals surface area contributed by atoms with Crippen LogP contribution in [0.25, 0.3) is 0 Å². The molecule has 1 saturated heterocycles. The Morgan fingerprint density at radius 1 is 1.28 bits per heavy atom. The van der Waals surface area contributed by atoms with Crippen LogP contribution in [0.3, 0.4) is 0 Å². The van der Waals surface area contributed by atoms with Gasteiger partial charge in [-0.3, -0.25) is 19.5 Å². The monoisotopic (exact) mass is 342 g/mol. The second kappa shape index (κ2) is 7.61. The van der Waals surface area contributed by atoms with Gasteiger partial charge in [0, 0.05) is 18.9 Å². The Balaban J connectivity index is 1.46. The maximum atomic E-state index is 12.3. The molecule has 4 amide bonds. The molecule has 1 atom stereocenters. The van der Waals surface area contributed by atoms with Gasteiger partial charge >= 0.3 is 6.03 Å². The summed E-state index contributed by atoms with van der Waals surface area (Å²) in [5, 5.41) is 5.29. The minimum Gasteiger partial charge on any atom is -0.467 e. The lowest BCUT2D eigenvalue weighted by Crippen LogP contribution is -2.37. The van der Waals surface area contributed by atoms with Gasteiger partial charge < -0.3 is 15.1 Å². The fourth-order valence-corrected chi connectivity index (χ4v) is 2.58. The van der Waals surface area contributed by atoms with Crippen molar-refractivity contribution in [3.8, 4) is 0 Å². The number of carbonyl (C=O) groups is 3. The maximum absolute atomic E-state index is 12.3. The third-order valence-electron chi connectivity index (χ3n) is 3.88. The molecule has 1 aliphatic heterocycles. The van der Waals surface area contributed by atoms with Gasteiger partial charge in [-0.25, -0.2) is 4.79 Å². The molecule has 0 aromatic carbocycles. The number of rotatable bonds is 7. The van der Waals surface area contributed by atoms with Crippen molar-refractivity contribution in [2.75, 3.05) is 6.54 Å². The lowest BCUT2D eigenvalue weighted by atomic mass is 10.1. The van der Waals surface area contributed by atoms with Crippen molar-refractivity contribution in [1.82, 2.24) is 20.5 Å². The summed E-state index contributed by atoms with van der Waals surface area (Å²) < 4.78 is 5.15. The van der Waals surface area contributed by atoms with Crippen molar-refractivity contribution in [2.45, 2.75) is 25.4 Å². The van der Waals surface area contributed by atoms with Crippen LogP contribution in [-0.4, -0.2) is 40.3 Å². The zero-order chi connectivity index (χ0) is 17.6. The molecule has 130 valence electrons. The van der Waals surface area contributed by atoms with Gasteiger partial charge in [-0.2, -0.15) is 0 Å². The summed E-state index contributed by atoms with van der Waals surface area (Å²) in [6.45, 7) is 0.506. The van der Waals surface area contributed by atoms with Crippen LogP contribution >= 0.6 is 0 Å². The Morgan fingerprint density at radius 2 is 2.08 bits per heavy atom. The molecule has 2 aromatic rings. The fraction of sp³-hybridized carbons (Fsp3) is 0.294. The molecular formula is C17H18N4O4. The number of furan rings is 1. The Bertz CT molecular complexity index is 745. The summed E-state index contributed by atoms with van der Waals surface area (Å²) in [5.41, 5.74) is 1.06. The van der Waals surface area contributed by atoms with Gasteiger partial charge in [0.05, 0.1) is 19.2 Å². The SMILES string of the molecule is O=C(CC1NC(=O)N(Cc2ccco2)C1=O)NCCc1ccncc1. The summed E-state index contributed by atoms with van der Waals surface area (Å²) in [6, 6.07) is 5.75. The number of hydrogen-bond acceptors (Lipinski definition) is 5. The van der Waals surface area contributed by atoms with E-state index >= 15 is 0 Å². The van der Waals surface area contributed by atoms with Crippen molar-refractivity contribution >= 4 is 17.8 Å². The van der Waals surface area contributed by atoms with E-state index in [9.17, 15) is 14.4 Å². The van der Waals surface area contributed by atoms with Crippen LogP contribution in [0.4, 0.5) is 4.79 Å². The van der Waals surface area contributed by atoms with Gasteiger partial charge in [0.2, 0.25) is 5.91 Å². The molecule has 0 bridgehead atoms. The molecule has 1 unspecified atom stereocenters. The normalized spacial score (nSPS) is 16.8. The summed E-state index contributed by atoms with van der Waals surface area (Å²) in [4.78, 5) is 41.2. The topological polar surface area (TPSA) is 105 Å². The molecule has 0 saturated carbocycles. The lowest BCUT2D eigenvalue weighted by Gasteiger charge is -2.11. The summed E-state index contributed by atoms with van der Waals surface area (Å²) in [6.07, 6.45) is 5.44. The Hall–Kier alpha value is -3.16. The smallest absolute Gasteiger partial charge is 0.325 e. The first-order valence-electron chi connectivity index (χ1n) is 7.93. The van der Waals surface area contributed by atoms with Crippen molar-refractivity contribution < 1.29 is 18.8 Å². The molecule has 8 heteroatoms. The molecule has 1 fully saturated rings. The minimum absolute atomic E-state index is 0.0534. The Kier molecular flexibility index (Phi) is 5.08. The molecule has 0 spiro atoms. The standard InChI is InChI=1S/C17H18N4O4/c22-15(19-8-5-12-3-6-18-7-4-12)10-14-16(23)21(17(24)20-14)11-13-2-1-9-25-13/h1-4,6-7,9,14H,5,8,10-11H2,(H,19,22)(H,20,24). The van der Waals surface area contributed by atoms with Crippen molar-refractivity contribution in [1.29, 1.82) is 0 Å². The van der Waals surface area contributed by atoms with Crippen LogP contribution in [0.5, 0.6) is 0 Å². The average Bonchev–Trinajstić information content (AvgIpc) is 3.20. The van der Waals surface area contributed by atoms with E-state index in [0.717, 1.165) is 10.5 Å². The summed E-state index contributed by atoms with van der Waals surface area (Å²) in [7, 11) is 0. The molecule has 0 radical (unpaired) electrons. The fourth-order valence-electron chi connectivity index (χ4n) is 2.58. The number of imide groups is 1. The molecule has 0 aliphatic carbocycles. The van der Waals surface area contributed by atoms with E-state index in [1.807, 2.05) is 12.1 Å². The highest BCUT2D eigenvalue weighted by Crippen LogP contribution is 2.14. The minimum atomic E-state index is -0.844. The van der Waals surface area contributed by atoms with Crippen molar-refractivity contribution in [3.63, 3.8) is 0 Å². The number of nitrogens with one attached hydrogen (secondary N) is 2. The van der Waals surface area contributed by atoms with Crippen LogP contribution < -0.4 is 10.6 Å². The first kappa shape index (κ1) is 16.7. The predicted octanol–water partition coefficient (Wildman–Crippen LogP) is 0.844. The van der Waals surface area contributed by atoms with Crippen LogP contribution in [0.15, 0.2) is 47.3 Å². The number of hydrogen-bond donors (Lipinski definition) is 2. The molecule has 8 nitrogen and oxygen atoms in total. The molecule has 1 aliphatic rings. The summed E-state index contributed by atoms with van der Waals surface area (Å²) >= 11 is 0. The van der Waals surface area contributed by atoms with Gasteiger partial charge in [0.25, 0.3) is 5.91 Å². The highest BCUT2D eigenvalue weighted by Gasteiger charge is 2.39. The summed E-state index contributed by atoms with van der Waals surface area (Å²) in [5.74, 6) is -0.204. The lowest BCUT2D eigenvalue weighted by molar-refractivity contribution is -0.131. The number of aromatic nitrogens is 1. The van der Waals surface area contributed by atoms with Gasteiger partial charge in [0.1, 0.15) is 11.8 Å². The van der Waals surface area contributed by atoms with Gasteiger partial charge in [-0.15, -0.1) is 0 Å². The first-order valence-corrected chi connectivity index (χ1v) is 7.93. The number of pyridine rings is 1. The largest absolute Gasteiger partial charge is 0.467 e. The van der Waals surface area contributed by atoms with E-state index < -0.39 is 18.0 Å². The molecule has 3 heterocycles. The van der Waals surface area contributed by atoms with Crippen molar-refractivity contribution in [2.24, 2.45) is 0 Å². The van der Waals surface area contributed by atoms with E-state index in [1.165, 1.54) is 6.26 Å². The second-order valence-electron chi connectivity index (χ2n) is 5.67. The van der Waals surface area contributed by atoms with Crippen LogP contribution in [-0.2, 0) is 22.6 Å². The first-order chi connectivity index (χ1) is 12.1. The van der Waals surface area contributed by atoms with E-state index in [0.29, 0.717) is 18.7 Å². The number of amides is 4. The zero-order valence-corrected chi connectivity index (χ0v) is 13.5. The number of carbonyl (C=O) groups excluding carboxylic acids is 3. The molecule has 2 N–H and O–H groups in total. The Labute approximate surface area is 144 Å². The average molecular weight is 342 g/mol. The van der Waals surface area contributed by atoms with Gasteiger partial charge in [0.15, 0.2) is 0 Å². The quantitative estimate of drug-likeness (QED) is 0.726. The highest BCUT2D eigenvalue weighted by molar-refractivity contribution is 6.05. The molecule has 2 aromatic heterocycles. The Morgan fingerprint density at radius 3 is 2.80 bits per heavy atom. The van der Waals surface area contributed by atoms with E-state index in [2.05, 4.69) is 15.6 Å². The second-order valence-corrected chi connectivity index (χ2v) is 5.67. The molecule has 25 heavy (non-hydrogen) atoms. The van der Waals surface area contributed by atoms with Crippen LogP contribution in [0, 0.1) is 0 Å². The number of urea groups is 1. The van der Waals surface area contributed by atoms with E-state index in [4.69, 9.17) is 4.42 Å². The van der Waals surface area contributed by atoms with E-state index in [1.54, 1.807) is 24.5 Å². The maximum Gasteiger partial charge on any atom is 0.325 e. The van der Waals surface area contributed by atoms with Crippen LogP contribution in [0.1, 0.15) is 17.7 Å². The zero-order valence-electron chi connectivity index (χ0n) is 13.5. The third kappa shape index (κ3) is 4.23. The third-order valence-corrected chi connectivity index (χ3v) is 3.88. The molecule has 3 rings (SSSR count). The highest BCUT2D eigenvalue weighted by atomic mass is 16.3. The molecular weight excluding hydrogens is 324 g/mol. The number of nitrogens with zero attached hydrogens (tertiary/aromatic N) is 2. The van der Waals surface area contributed by atoms with Crippen molar-refractivity contribution in [3.05, 3.63) is 54.2 Å². The van der Waals surface area contributed by atoms with Crippen LogP contribution in [0.2, 0.25) is 0 Å².